The summed E-state index contributed by atoms with van der Waals surface area (Å²) in [5.41, 5.74) is 2.82. The highest BCUT2D eigenvalue weighted by Crippen LogP contribution is 2.41. The van der Waals surface area contributed by atoms with Crippen molar-refractivity contribution in [2.75, 3.05) is 6.54 Å². The van der Waals surface area contributed by atoms with Gasteiger partial charge in [0.15, 0.2) is 0 Å². The van der Waals surface area contributed by atoms with Crippen LogP contribution in [-0.2, 0) is 0 Å². The summed E-state index contributed by atoms with van der Waals surface area (Å²) in [6.07, 6.45) is 2.53. The van der Waals surface area contributed by atoms with Gasteiger partial charge in [0.1, 0.15) is 11.6 Å². The largest absolute Gasteiger partial charge is 0.490 e. The van der Waals surface area contributed by atoms with E-state index in [1.165, 1.54) is 28.5 Å². The van der Waals surface area contributed by atoms with Gasteiger partial charge < -0.3 is 15.2 Å². The normalized spacial score (nSPS) is 17.8. The third kappa shape index (κ3) is 4.98. The van der Waals surface area contributed by atoms with Crippen LogP contribution >= 0.6 is 0 Å². The standard InChI is InChI=1S/C31H30FNO3/c1-20(24-13-6-9-21-8-2-3-11-25(21)24)33-17-7-10-23-19-27(26-12-4-5-14-30(26)36-23)22-15-16-29(32)28(18-22)31(34)35/h2-6,8-9,11-16,18,20,23,27,33H,7,10,17,19H2,1H3,(H,34,35)/t20-,23+,27+/m1/s1. The zero-order valence-corrected chi connectivity index (χ0v) is 20.3. The summed E-state index contributed by atoms with van der Waals surface area (Å²) in [5.74, 6) is -1.19. The average Bonchev–Trinajstić information content (AvgIpc) is 2.90. The number of carboxylic acid groups (broad SMARTS) is 1. The number of carboxylic acids is 1. The van der Waals surface area contributed by atoms with E-state index < -0.39 is 11.8 Å². The first-order valence-corrected chi connectivity index (χ1v) is 12.5. The lowest BCUT2D eigenvalue weighted by Crippen LogP contribution is -2.28. The van der Waals surface area contributed by atoms with Crippen molar-refractivity contribution in [3.8, 4) is 5.75 Å². The van der Waals surface area contributed by atoms with Gasteiger partial charge in [0.25, 0.3) is 0 Å². The third-order valence-electron chi connectivity index (χ3n) is 7.15. The molecule has 3 atom stereocenters. The predicted molar refractivity (Wildman–Crippen MR) is 140 cm³/mol. The van der Waals surface area contributed by atoms with E-state index in [2.05, 4.69) is 54.7 Å². The molecule has 36 heavy (non-hydrogen) atoms. The molecule has 5 rings (SSSR count). The molecular weight excluding hydrogens is 453 g/mol. The minimum Gasteiger partial charge on any atom is -0.490 e. The molecule has 0 bridgehead atoms. The van der Waals surface area contributed by atoms with E-state index in [9.17, 15) is 14.3 Å². The Balaban J connectivity index is 1.25. The number of benzene rings is 4. The number of ether oxygens (including phenoxy) is 1. The van der Waals surface area contributed by atoms with Crippen LogP contribution in [-0.4, -0.2) is 23.7 Å². The summed E-state index contributed by atoms with van der Waals surface area (Å²) < 4.78 is 20.3. The first-order valence-electron chi connectivity index (χ1n) is 12.5. The van der Waals surface area contributed by atoms with E-state index in [4.69, 9.17) is 4.74 Å². The summed E-state index contributed by atoms with van der Waals surface area (Å²) >= 11 is 0. The van der Waals surface area contributed by atoms with Gasteiger partial charge >= 0.3 is 5.97 Å². The lowest BCUT2D eigenvalue weighted by atomic mass is 9.82. The Labute approximate surface area is 210 Å². The minimum absolute atomic E-state index is 0.00195. The summed E-state index contributed by atoms with van der Waals surface area (Å²) in [4.78, 5) is 11.5. The molecule has 1 aliphatic heterocycles. The molecule has 0 saturated carbocycles. The highest BCUT2D eigenvalue weighted by Gasteiger charge is 2.30. The number of nitrogens with one attached hydrogen (secondary N) is 1. The van der Waals surface area contributed by atoms with Crippen LogP contribution in [0.5, 0.6) is 5.75 Å². The number of fused-ring (bicyclic) bond motifs is 2. The summed E-state index contributed by atoms with van der Waals surface area (Å²) in [6.45, 7) is 3.05. The molecule has 4 aromatic carbocycles. The van der Waals surface area contributed by atoms with Crippen LogP contribution < -0.4 is 10.1 Å². The highest BCUT2D eigenvalue weighted by atomic mass is 19.1. The fourth-order valence-electron chi connectivity index (χ4n) is 5.30. The second-order valence-corrected chi connectivity index (χ2v) is 9.50. The zero-order chi connectivity index (χ0) is 25.1. The van der Waals surface area contributed by atoms with E-state index in [0.717, 1.165) is 42.7 Å². The van der Waals surface area contributed by atoms with Crippen LogP contribution in [0.2, 0.25) is 0 Å². The topological polar surface area (TPSA) is 58.6 Å². The van der Waals surface area contributed by atoms with E-state index in [-0.39, 0.29) is 23.6 Å². The first kappa shape index (κ1) is 24.0. The lowest BCUT2D eigenvalue weighted by molar-refractivity contribution is 0.0691. The second-order valence-electron chi connectivity index (χ2n) is 9.50. The van der Waals surface area contributed by atoms with Crippen LogP contribution in [0.3, 0.4) is 0 Å². The Morgan fingerprint density at radius 1 is 1.06 bits per heavy atom. The number of aromatic carboxylic acids is 1. The van der Waals surface area contributed by atoms with E-state index in [1.54, 1.807) is 6.07 Å². The van der Waals surface area contributed by atoms with Gasteiger partial charge in [0.05, 0.1) is 11.7 Å². The minimum atomic E-state index is -1.25. The van der Waals surface area contributed by atoms with Gasteiger partial charge in [0.2, 0.25) is 0 Å². The molecule has 1 aliphatic rings. The molecule has 4 aromatic rings. The van der Waals surface area contributed by atoms with E-state index >= 15 is 0 Å². The summed E-state index contributed by atoms with van der Waals surface area (Å²) in [5, 5.41) is 15.6. The molecule has 0 aromatic heterocycles. The van der Waals surface area contributed by atoms with Crippen molar-refractivity contribution in [2.24, 2.45) is 0 Å². The van der Waals surface area contributed by atoms with Crippen molar-refractivity contribution in [1.29, 1.82) is 0 Å². The molecular formula is C31H30FNO3. The van der Waals surface area contributed by atoms with Crippen molar-refractivity contribution in [1.82, 2.24) is 5.32 Å². The van der Waals surface area contributed by atoms with Crippen LogP contribution in [0.25, 0.3) is 10.8 Å². The smallest absolute Gasteiger partial charge is 0.338 e. The Hall–Kier alpha value is -3.70. The molecule has 0 saturated heterocycles. The first-order chi connectivity index (χ1) is 17.5. The fraction of sp³-hybridized carbons (Fsp3) is 0.258. The zero-order valence-electron chi connectivity index (χ0n) is 20.3. The number of para-hydroxylation sites is 1. The molecule has 0 unspecified atom stereocenters. The number of halogens is 1. The Bertz CT molecular complexity index is 1380. The van der Waals surface area contributed by atoms with Crippen LogP contribution in [0, 0.1) is 5.82 Å². The molecule has 0 spiro atoms. The van der Waals surface area contributed by atoms with Gasteiger partial charge in [-0.3, -0.25) is 0 Å². The van der Waals surface area contributed by atoms with Gasteiger partial charge in [0, 0.05) is 17.5 Å². The number of hydrogen-bond donors (Lipinski definition) is 2. The molecule has 1 heterocycles. The number of hydrogen-bond acceptors (Lipinski definition) is 3. The van der Waals surface area contributed by atoms with E-state index in [1.807, 2.05) is 24.3 Å². The number of rotatable bonds is 8. The molecule has 0 aliphatic carbocycles. The van der Waals surface area contributed by atoms with Crippen LogP contribution in [0.15, 0.2) is 84.9 Å². The van der Waals surface area contributed by atoms with Crippen molar-refractivity contribution in [3.63, 3.8) is 0 Å². The predicted octanol–water partition coefficient (Wildman–Crippen LogP) is 7.09. The maximum absolute atomic E-state index is 14.0. The van der Waals surface area contributed by atoms with Crippen LogP contribution in [0.4, 0.5) is 4.39 Å². The van der Waals surface area contributed by atoms with Gasteiger partial charge in [-0.05, 0) is 72.8 Å². The van der Waals surface area contributed by atoms with Crippen molar-refractivity contribution in [2.45, 2.75) is 44.2 Å². The average molecular weight is 484 g/mol. The monoisotopic (exact) mass is 483 g/mol. The van der Waals surface area contributed by atoms with Gasteiger partial charge in [-0.25, -0.2) is 9.18 Å². The third-order valence-corrected chi connectivity index (χ3v) is 7.15. The second kappa shape index (κ2) is 10.5. The fourth-order valence-corrected chi connectivity index (χ4v) is 5.30. The summed E-state index contributed by atoms with van der Waals surface area (Å²) in [6, 6.07) is 27.4. The Morgan fingerprint density at radius 2 is 1.83 bits per heavy atom. The highest BCUT2D eigenvalue weighted by molar-refractivity contribution is 5.88. The van der Waals surface area contributed by atoms with Crippen molar-refractivity contribution < 1.29 is 19.0 Å². The Morgan fingerprint density at radius 3 is 2.69 bits per heavy atom. The van der Waals surface area contributed by atoms with Gasteiger partial charge in [-0.15, -0.1) is 0 Å². The van der Waals surface area contributed by atoms with Crippen LogP contribution in [0.1, 0.15) is 65.2 Å². The SMILES string of the molecule is C[C@@H](NCCC[C@H]1C[C@@H](c2ccc(F)c(C(=O)O)c2)c2ccccc2O1)c1cccc2ccccc12. The quantitative estimate of drug-likeness (QED) is 0.263. The summed E-state index contributed by atoms with van der Waals surface area (Å²) in [7, 11) is 0. The Kier molecular flexibility index (Phi) is 7.01. The maximum Gasteiger partial charge on any atom is 0.338 e. The van der Waals surface area contributed by atoms with Crippen molar-refractivity contribution in [3.05, 3.63) is 113 Å². The molecule has 0 fully saturated rings. The lowest BCUT2D eigenvalue weighted by Gasteiger charge is -2.33. The van der Waals surface area contributed by atoms with Gasteiger partial charge in [-0.1, -0.05) is 66.7 Å². The van der Waals surface area contributed by atoms with E-state index in [0.29, 0.717) is 0 Å². The number of carbonyl (C=O) groups is 1. The maximum atomic E-state index is 14.0. The van der Waals surface area contributed by atoms with Gasteiger partial charge in [-0.2, -0.15) is 0 Å². The molecule has 4 nitrogen and oxygen atoms in total. The molecule has 5 heteroatoms. The molecule has 184 valence electrons. The van der Waals surface area contributed by atoms with Crippen molar-refractivity contribution >= 4 is 16.7 Å². The molecule has 2 N–H and O–H groups in total. The molecule has 0 radical (unpaired) electrons. The molecule has 0 amide bonds.